The van der Waals surface area contributed by atoms with Gasteiger partial charge in [0.05, 0.1) is 5.56 Å². The SMILES string of the molecule is CC(C)(C)CC(=O)Nc1ccc(CCc2ccc(C(F)(F)F)cc2)cc1C1CCCCC1. The molecule has 5 heteroatoms. The van der Waals surface area contributed by atoms with E-state index in [0.717, 1.165) is 48.2 Å². The number of alkyl halides is 3. The highest BCUT2D eigenvalue weighted by atomic mass is 19.4. The Hall–Kier alpha value is -2.30. The summed E-state index contributed by atoms with van der Waals surface area (Å²) >= 11 is 0. The number of hydrogen-bond acceptors (Lipinski definition) is 1. The molecule has 0 saturated heterocycles. The van der Waals surface area contributed by atoms with Crippen LogP contribution in [0, 0.1) is 5.41 Å². The smallest absolute Gasteiger partial charge is 0.326 e. The van der Waals surface area contributed by atoms with Crippen molar-refractivity contribution in [1.29, 1.82) is 0 Å². The van der Waals surface area contributed by atoms with E-state index in [9.17, 15) is 18.0 Å². The standard InChI is InChI=1S/C27H34F3NO/c1-26(2,3)18-25(32)31-24-16-13-20(17-23(24)21-7-5-4-6-8-21)10-9-19-11-14-22(15-12-19)27(28,29)30/h11-17,21H,4-10,18H2,1-3H3,(H,31,32). The maximum Gasteiger partial charge on any atom is 0.416 e. The number of carbonyl (C=O) groups is 1. The molecule has 0 heterocycles. The van der Waals surface area contributed by atoms with Gasteiger partial charge < -0.3 is 5.32 Å². The van der Waals surface area contributed by atoms with Gasteiger partial charge in [-0.15, -0.1) is 0 Å². The molecule has 0 aromatic heterocycles. The normalized spacial score (nSPS) is 15.6. The molecule has 2 aromatic rings. The quantitative estimate of drug-likeness (QED) is 0.481. The van der Waals surface area contributed by atoms with Crippen LogP contribution >= 0.6 is 0 Å². The van der Waals surface area contributed by atoms with Gasteiger partial charge in [0.15, 0.2) is 0 Å². The minimum absolute atomic E-state index is 0.0343. The van der Waals surface area contributed by atoms with Crippen molar-refractivity contribution >= 4 is 11.6 Å². The summed E-state index contributed by atoms with van der Waals surface area (Å²) in [5.41, 5.74) is 3.47. The molecule has 0 radical (unpaired) electrons. The summed E-state index contributed by atoms with van der Waals surface area (Å²) in [6.07, 6.45) is 3.52. The Kier molecular flexibility index (Phi) is 7.68. The second kappa shape index (κ2) is 10.1. The molecular weight excluding hydrogens is 411 g/mol. The van der Waals surface area contributed by atoms with E-state index in [1.165, 1.54) is 24.8 Å². The topological polar surface area (TPSA) is 29.1 Å². The number of nitrogens with one attached hydrogen (secondary N) is 1. The van der Waals surface area contributed by atoms with Gasteiger partial charge in [-0.3, -0.25) is 4.79 Å². The van der Waals surface area contributed by atoms with E-state index in [1.807, 2.05) is 12.1 Å². The van der Waals surface area contributed by atoms with Crippen LogP contribution in [0.5, 0.6) is 0 Å². The van der Waals surface area contributed by atoms with Crippen molar-refractivity contribution in [3.05, 3.63) is 64.7 Å². The lowest BCUT2D eigenvalue weighted by atomic mass is 9.82. The van der Waals surface area contributed by atoms with E-state index < -0.39 is 11.7 Å². The van der Waals surface area contributed by atoms with Gasteiger partial charge in [-0.1, -0.05) is 64.3 Å². The molecule has 0 aliphatic heterocycles. The summed E-state index contributed by atoms with van der Waals surface area (Å²) in [7, 11) is 0. The van der Waals surface area contributed by atoms with Crippen molar-refractivity contribution < 1.29 is 18.0 Å². The van der Waals surface area contributed by atoms with Crippen molar-refractivity contribution in [2.75, 3.05) is 5.32 Å². The van der Waals surface area contributed by atoms with Crippen molar-refractivity contribution in [3.63, 3.8) is 0 Å². The van der Waals surface area contributed by atoms with E-state index in [0.29, 0.717) is 18.8 Å². The van der Waals surface area contributed by atoms with E-state index >= 15 is 0 Å². The van der Waals surface area contributed by atoms with E-state index in [2.05, 4.69) is 32.2 Å². The Morgan fingerprint density at radius 2 is 1.50 bits per heavy atom. The van der Waals surface area contributed by atoms with E-state index in [1.54, 1.807) is 12.1 Å². The second-order valence-corrected chi connectivity index (χ2v) is 10.2. The molecule has 0 atom stereocenters. The average molecular weight is 446 g/mol. The van der Waals surface area contributed by atoms with Crippen molar-refractivity contribution in [2.24, 2.45) is 5.41 Å². The van der Waals surface area contributed by atoms with Gasteiger partial charge in [0.25, 0.3) is 0 Å². The van der Waals surface area contributed by atoms with Crippen molar-refractivity contribution in [1.82, 2.24) is 0 Å². The van der Waals surface area contributed by atoms with Crippen LogP contribution in [-0.2, 0) is 23.8 Å². The highest BCUT2D eigenvalue weighted by molar-refractivity contribution is 5.92. The summed E-state index contributed by atoms with van der Waals surface area (Å²) in [5, 5.41) is 3.14. The maximum absolute atomic E-state index is 12.8. The molecule has 1 N–H and O–H groups in total. The van der Waals surface area contributed by atoms with E-state index in [4.69, 9.17) is 0 Å². The van der Waals surface area contributed by atoms with Gasteiger partial charge in [0.2, 0.25) is 5.91 Å². The fraction of sp³-hybridized carbons (Fsp3) is 0.519. The van der Waals surface area contributed by atoms with Gasteiger partial charge >= 0.3 is 6.18 Å². The first-order valence-corrected chi connectivity index (χ1v) is 11.6. The molecule has 1 saturated carbocycles. The highest BCUT2D eigenvalue weighted by Gasteiger charge is 2.30. The number of benzene rings is 2. The lowest BCUT2D eigenvalue weighted by Crippen LogP contribution is -2.21. The Labute approximate surface area is 189 Å². The third-order valence-corrected chi connectivity index (χ3v) is 6.11. The van der Waals surface area contributed by atoms with Gasteiger partial charge in [-0.2, -0.15) is 13.2 Å². The van der Waals surface area contributed by atoms with Crippen LogP contribution < -0.4 is 5.32 Å². The van der Waals surface area contributed by atoms with Crippen LogP contribution in [0.2, 0.25) is 0 Å². The first kappa shape index (κ1) is 24.3. The predicted molar refractivity (Wildman–Crippen MR) is 124 cm³/mol. The Morgan fingerprint density at radius 1 is 0.906 bits per heavy atom. The molecule has 32 heavy (non-hydrogen) atoms. The fourth-order valence-electron chi connectivity index (χ4n) is 4.46. The predicted octanol–water partition coefficient (Wildman–Crippen LogP) is 7.91. The number of amides is 1. The molecule has 1 fully saturated rings. The van der Waals surface area contributed by atoms with Crippen LogP contribution in [0.3, 0.4) is 0 Å². The summed E-state index contributed by atoms with van der Waals surface area (Å²) in [6.45, 7) is 6.16. The Bertz CT molecular complexity index is 904. The van der Waals surface area contributed by atoms with Gasteiger partial charge in [-0.05, 0) is 71.9 Å². The number of anilines is 1. The second-order valence-electron chi connectivity index (χ2n) is 10.2. The van der Waals surface area contributed by atoms with E-state index in [-0.39, 0.29) is 11.3 Å². The molecule has 2 aromatic carbocycles. The summed E-state index contributed by atoms with van der Waals surface area (Å²) in [4.78, 5) is 12.6. The maximum atomic E-state index is 12.8. The van der Waals surface area contributed by atoms with Crippen molar-refractivity contribution in [3.8, 4) is 0 Å². The summed E-state index contributed by atoms with van der Waals surface area (Å²) in [5.74, 6) is 0.478. The molecule has 0 spiro atoms. The van der Waals surface area contributed by atoms with Crippen LogP contribution in [0.15, 0.2) is 42.5 Å². The average Bonchev–Trinajstić information content (AvgIpc) is 2.72. The minimum atomic E-state index is -4.30. The van der Waals surface area contributed by atoms with Gasteiger partial charge in [0.1, 0.15) is 0 Å². The highest BCUT2D eigenvalue weighted by Crippen LogP contribution is 2.37. The van der Waals surface area contributed by atoms with Gasteiger partial charge in [-0.25, -0.2) is 0 Å². The molecule has 0 bridgehead atoms. The van der Waals surface area contributed by atoms with Gasteiger partial charge in [0, 0.05) is 12.1 Å². The Balaban J connectivity index is 1.74. The number of halogens is 3. The zero-order chi connectivity index (χ0) is 23.4. The first-order valence-electron chi connectivity index (χ1n) is 11.6. The zero-order valence-electron chi connectivity index (χ0n) is 19.3. The lowest BCUT2D eigenvalue weighted by molar-refractivity contribution is -0.137. The van der Waals surface area contributed by atoms with Crippen LogP contribution in [-0.4, -0.2) is 5.91 Å². The monoisotopic (exact) mass is 445 g/mol. The molecule has 1 aliphatic rings. The Morgan fingerprint density at radius 3 is 2.09 bits per heavy atom. The molecular formula is C27H34F3NO. The number of aryl methyl sites for hydroxylation is 2. The number of carbonyl (C=O) groups excluding carboxylic acids is 1. The van der Waals surface area contributed by atoms with Crippen LogP contribution in [0.1, 0.15) is 87.5 Å². The third-order valence-electron chi connectivity index (χ3n) is 6.11. The number of rotatable bonds is 6. The molecule has 174 valence electrons. The summed E-state index contributed by atoms with van der Waals surface area (Å²) < 4.78 is 38.3. The molecule has 0 unspecified atom stereocenters. The fourth-order valence-corrected chi connectivity index (χ4v) is 4.46. The molecule has 1 amide bonds. The molecule has 2 nitrogen and oxygen atoms in total. The largest absolute Gasteiger partial charge is 0.416 e. The summed E-state index contributed by atoms with van der Waals surface area (Å²) in [6, 6.07) is 11.7. The minimum Gasteiger partial charge on any atom is -0.326 e. The lowest BCUT2D eigenvalue weighted by Gasteiger charge is -2.26. The third kappa shape index (κ3) is 7.11. The zero-order valence-corrected chi connectivity index (χ0v) is 19.3. The first-order chi connectivity index (χ1) is 15.0. The van der Waals surface area contributed by atoms with Crippen LogP contribution in [0.4, 0.5) is 18.9 Å². The molecule has 1 aliphatic carbocycles. The number of hydrogen-bond donors (Lipinski definition) is 1. The molecule has 3 rings (SSSR count). The van der Waals surface area contributed by atoms with Crippen LogP contribution in [0.25, 0.3) is 0 Å². The van der Waals surface area contributed by atoms with Crippen molar-refractivity contribution in [2.45, 2.75) is 84.2 Å².